The molecule has 1 N–H and O–H groups in total. The van der Waals surface area contributed by atoms with Gasteiger partial charge >= 0.3 is 5.97 Å². The second-order valence-corrected chi connectivity index (χ2v) is 4.82. The van der Waals surface area contributed by atoms with Crippen LogP contribution in [0.5, 0.6) is 11.5 Å². The average Bonchev–Trinajstić information content (AvgIpc) is 2.33. The molecule has 0 saturated carbocycles. The minimum Gasteiger partial charge on any atom is -0.496 e. The van der Waals surface area contributed by atoms with Gasteiger partial charge in [-0.3, -0.25) is 4.79 Å². The van der Waals surface area contributed by atoms with E-state index in [1.165, 1.54) is 0 Å². The van der Waals surface area contributed by atoms with Gasteiger partial charge in [0.2, 0.25) is 0 Å². The maximum atomic E-state index is 11.1. The normalized spacial score (nSPS) is 16.6. The SMILES string of the molecule is COc1ccc(C2(CC(=O)O)COC2)c(OC)c1C. The number of carboxylic acids is 1. The van der Waals surface area contributed by atoms with Crippen molar-refractivity contribution in [1.82, 2.24) is 0 Å². The molecule has 0 amide bonds. The molecule has 19 heavy (non-hydrogen) atoms. The Morgan fingerprint density at radius 1 is 1.37 bits per heavy atom. The van der Waals surface area contributed by atoms with Crippen molar-refractivity contribution in [2.75, 3.05) is 27.4 Å². The number of carboxylic acid groups (broad SMARTS) is 1. The number of hydrogen-bond donors (Lipinski definition) is 1. The summed E-state index contributed by atoms with van der Waals surface area (Å²) in [6, 6.07) is 3.71. The highest BCUT2D eigenvalue weighted by Crippen LogP contribution is 2.44. The summed E-state index contributed by atoms with van der Waals surface area (Å²) in [7, 11) is 3.18. The Morgan fingerprint density at radius 2 is 2.05 bits per heavy atom. The number of benzene rings is 1. The van der Waals surface area contributed by atoms with Crippen molar-refractivity contribution in [2.24, 2.45) is 0 Å². The van der Waals surface area contributed by atoms with Gasteiger partial charge in [-0.1, -0.05) is 6.07 Å². The fourth-order valence-electron chi connectivity index (χ4n) is 2.57. The van der Waals surface area contributed by atoms with Gasteiger partial charge in [-0.25, -0.2) is 0 Å². The molecule has 0 radical (unpaired) electrons. The van der Waals surface area contributed by atoms with Gasteiger partial charge in [-0.2, -0.15) is 0 Å². The summed E-state index contributed by atoms with van der Waals surface area (Å²) in [4.78, 5) is 11.1. The second kappa shape index (κ2) is 5.09. The van der Waals surface area contributed by atoms with Gasteiger partial charge in [-0.15, -0.1) is 0 Å². The minimum atomic E-state index is -0.834. The molecule has 0 atom stereocenters. The first-order valence-electron chi connectivity index (χ1n) is 6.05. The van der Waals surface area contributed by atoms with E-state index in [1.54, 1.807) is 14.2 Å². The Labute approximate surface area is 112 Å². The maximum absolute atomic E-state index is 11.1. The van der Waals surface area contributed by atoms with Crippen molar-refractivity contribution < 1.29 is 24.1 Å². The van der Waals surface area contributed by atoms with Crippen LogP contribution in [0.2, 0.25) is 0 Å². The summed E-state index contributed by atoms with van der Waals surface area (Å²) < 4.78 is 16.0. The van der Waals surface area contributed by atoms with Crippen LogP contribution in [-0.4, -0.2) is 38.5 Å². The smallest absolute Gasteiger partial charge is 0.304 e. The van der Waals surface area contributed by atoms with E-state index in [4.69, 9.17) is 19.3 Å². The van der Waals surface area contributed by atoms with Crippen LogP contribution in [0.25, 0.3) is 0 Å². The minimum absolute atomic E-state index is 0.0368. The van der Waals surface area contributed by atoms with E-state index in [-0.39, 0.29) is 6.42 Å². The van der Waals surface area contributed by atoms with Crippen molar-refractivity contribution in [2.45, 2.75) is 18.8 Å². The Bertz CT molecular complexity index is 491. The molecule has 0 spiro atoms. The zero-order valence-corrected chi connectivity index (χ0v) is 11.4. The Hall–Kier alpha value is -1.75. The molecule has 0 aliphatic carbocycles. The molecular formula is C14H18O5. The van der Waals surface area contributed by atoms with E-state index >= 15 is 0 Å². The number of hydrogen-bond acceptors (Lipinski definition) is 4. The molecule has 1 fully saturated rings. The summed E-state index contributed by atoms with van der Waals surface area (Å²) in [5.41, 5.74) is 1.26. The van der Waals surface area contributed by atoms with Gasteiger partial charge in [-0.05, 0) is 13.0 Å². The molecule has 1 heterocycles. The lowest BCUT2D eigenvalue weighted by molar-refractivity contribution is -0.145. The molecule has 2 rings (SSSR count). The Morgan fingerprint density at radius 3 is 2.47 bits per heavy atom. The lowest BCUT2D eigenvalue weighted by Gasteiger charge is -2.41. The van der Waals surface area contributed by atoms with Crippen LogP contribution in [0.15, 0.2) is 12.1 Å². The lowest BCUT2D eigenvalue weighted by Crippen LogP contribution is -2.48. The van der Waals surface area contributed by atoms with Crippen molar-refractivity contribution in [1.29, 1.82) is 0 Å². The second-order valence-electron chi connectivity index (χ2n) is 4.82. The van der Waals surface area contributed by atoms with E-state index in [0.29, 0.717) is 19.0 Å². The summed E-state index contributed by atoms with van der Waals surface area (Å²) in [6.45, 7) is 2.71. The highest BCUT2D eigenvalue weighted by Gasteiger charge is 2.44. The van der Waals surface area contributed by atoms with Gasteiger partial charge in [0.05, 0.1) is 39.3 Å². The van der Waals surface area contributed by atoms with E-state index in [2.05, 4.69) is 0 Å². The predicted molar refractivity (Wildman–Crippen MR) is 69.0 cm³/mol. The first kappa shape index (κ1) is 13.7. The van der Waals surface area contributed by atoms with Gasteiger partial charge in [0.25, 0.3) is 0 Å². The molecule has 5 nitrogen and oxygen atoms in total. The highest BCUT2D eigenvalue weighted by molar-refractivity contribution is 5.70. The zero-order chi connectivity index (χ0) is 14.0. The third kappa shape index (κ3) is 2.26. The maximum Gasteiger partial charge on any atom is 0.304 e. The van der Waals surface area contributed by atoms with Gasteiger partial charge < -0.3 is 19.3 Å². The van der Waals surface area contributed by atoms with E-state index in [9.17, 15) is 4.79 Å². The van der Waals surface area contributed by atoms with Crippen LogP contribution in [0, 0.1) is 6.92 Å². The van der Waals surface area contributed by atoms with Crippen LogP contribution in [0.1, 0.15) is 17.5 Å². The van der Waals surface area contributed by atoms with Gasteiger partial charge in [0, 0.05) is 11.1 Å². The average molecular weight is 266 g/mol. The van der Waals surface area contributed by atoms with Crippen LogP contribution < -0.4 is 9.47 Å². The fourth-order valence-corrected chi connectivity index (χ4v) is 2.57. The molecule has 0 aromatic heterocycles. The van der Waals surface area contributed by atoms with E-state index in [1.807, 2.05) is 19.1 Å². The topological polar surface area (TPSA) is 65.0 Å². The third-order valence-electron chi connectivity index (χ3n) is 3.60. The van der Waals surface area contributed by atoms with Crippen LogP contribution in [-0.2, 0) is 14.9 Å². The molecule has 1 aliphatic heterocycles. The van der Waals surface area contributed by atoms with Crippen molar-refractivity contribution in [3.63, 3.8) is 0 Å². The third-order valence-corrected chi connectivity index (χ3v) is 3.60. The predicted octanol–water partition coefficient (Wildman–Crippen LogP) is 1.75. The molecule has 1 aromatic rings. The molecule has 0 bridgehead atoms. The van der Waals surface area contributed by atoms with Crippen molar-refractivity contribution in [3.05, 3.63) is 23.3 Å². The highest BCUT2D eigenvalue weighted by atomic mass is 16.5. The van der Waals surface area contributed by atoms with Crippen LogP contribution >= 0.6 is 0 Å². The molecule has 1 saturated heterocycles. The standard InChI is InChI=1S/C14H18O5/c1-9-11(17-2)5-4-10(13(9)18-3)14(6-12(15)16)7-19-8-14/h4-5H,6-8H2,1-3H3,(H,15,16). The monoisotopic (exact) mass is 266 g/mol. The van der Waals surface area contributed by atoms with Gasteiger partial charge in [0.15, 0.2) is 0 Å². The molecule has 5 heteroatoms. The summed E-state index contributed by atoms with van der Waals surface area (Å²) >= 11 is 0. The van der Waals surface area contributed by atoms with Crippen molar-refractivity contribution >= 4 is 5.97 Å². The molecule has 0 unspecified atom stereocenters. The summed E-state index contributed by atoms with van der Waals surface area (Å²) in [5.74, 6) is 0.578. The Balaban J connectivity index is 2.49. The number of aliphatic carboxylic acids is 1. The first-order valence-corrected chi connectivity index (χ1v) is 6.05. The largest absolute Gasteiger partial charge is 0.496 e. The summed E-state index contributed by atoms with van der Waals surface area (Å²) in [5, 5.41) is 9.09. The van der Waals surface area contributed by atoms with Crippen LogP contribution in [0.3, 0.4) is 0 Å². The van der Waals surface area contributed by atoms with E-state index in [0.717, 1.165) is 16.9 Å². The number of carbonyl (C=O) groups is 1. The number of ether oxygens (including phenoxy) is 3. The molecular weight excluding hydrogens is 248 g/mol. The van der Waals surface area contributed by atoms with E-state index < -0.39 is 11.4 Å². The van der Waals surface area contributed by atoms with Crippen molar-refractivity contribution in [3.8, 4) is 11.5 Å². The Kier molecular flexibility index (Phi) is 3.66. The molecule has 1 aliphatic rings. The summed E-state index contributed by atoms with van der Waals surface area (Å²) in [6.07, 6.45) is 0.0368. The molecule has 1 aromatic carbocycles. The van der Waals surface area contributed by atoms with Gasteiger partial charge in [0.1, 0.15) is 11.5 Å². The quantitative estimate of drug-likeness (QED) is 0.879. The van der Waals surface area contributed by atoms with Crippen LogP contribution in [0.4, 0.5) is 0 Å². The fraction of sp³-hybridized carbons (Fsp3) is 0.500. The zero-order valence-electron chi connectivity index (χ0n) is 11.4. The lowest BCUT2D eigenvalue weighted by atomic mass is 9.75. The molecule has 104 valence electrons. The first-order chi connectivity index (χ1) is 9.04. The number of rotatable bonds is 5. The number of methoxy groups -OCH3 is 2.